The molecule has 2 bridgehead atoms. The van der Waals surface area contributed by atoms with Crippen LogP contribution in [0.15, 0.2) is 48.8 Å². The lowest BCUT2D eigenvalue weighted by atomic mass is 9.96. The first kappa shape index (κ1) is 19.4. The van der Waals surface area contributed by atoms with Crippen molar-refractivity contribution in [2.75, 3.05) is 7.11 Å². The normalized spacial score (nSPS) is 22.9. The molecule has 2 aliphatic heterocycles. The Bertz CT molecular complexity index is 857. The minimum absolute atomic E-state index is 0.0623. The van der Waals surface area contributed by atoms with Gasteiger partial charge in [0.15, 0.2) is 0 Å². The summed E-state index contributed by atoms with van der Waals surface area (Å²) in [5.74, 6) is 0.982. The highest BCUT2D eigenvalue weighted by atomic mass is 16.5. The highest BCUT2D eigenvalue weighted by Gasteiger charge is 2.43. The number of aromatic nitrogens is 1. The van der Waals surface area contributed by atoms with E-state index in [1.807, 2.05) is 24.3 Å². The topological polar surface area (TPSA) is 71.5 Å². The predicted octanol–water partition coefficient (Wildman–Crippen LogP) is 2.97. The summed E-state index contributed by atoms with van der Waals surface area (Å²) < 4.78 is 5.40. The molecule has 0 saturated carbocycles. The number of hydrogen-bond acceptors (Lipinski definition) is 4. The van der Waals surface area contributed by atoms with Gasteiger partial charge in [-0.1, -0.05) is 18.2 Å². The van der Waals surface area contributed by atoms with Crippen molar-refractivity contribution >= 4 is 11.8 Å². The average molecular weight is 393 g/mol. The van der Waals surface area contributed by atoms with Crippen LogP contribution in [0.4, 0.5) is 0 Å². The van der Waals surface area contributed by atoms with Crippen LogP contribution in [0.2, 0.25) is 0 Å². The molecule has 2 saturated heterocycles. The molecule has 1 N–H and O–H groups in total. The van der Waals surface area contributed by atoms with Crippen LogP contribution in [0.1, 0.15) is 48.0 Å². The van der Waals surface area contributed by atoms with Gasteiger partial charge in [0, 0.05) is 42.5 Å². The largest absolute Gasteiger partial charge is 0.496 e. The molecule has 2 atom stereocenters. The zero-order chi connectivity index (χ0) is 20.2. The van der Waals surface area contributed by atoms with Crippen LogP contribution < -0.4 is 10.1 Å². The van der Waals surface area contributed by atoms with Crippen LogP contribution in [0.5, 0.6) is 5.75 Å². The van der Waals surface area contributed by atoms with Gasteiger partial charge in [-0.25, -0.2) is 0 Å². The fraction of sp³-hybridized carbons (Fsp3) is 0.435. The van der Waals surface area contributed by atoms with Gasteiger partial charge in [0.2, 0.25) is 5.91 Å². The maximum Gasteiger partial charge on any atom is 0.251 e. The third kappa shape index (κ3) is 4.26. The van der Waals surface area contributed by atoms with E-state index in [-0.39, 0.29) is 29.9 Å². The molecule has 29 heavy (non-hydrogen) atoms. The number of nitrogens with one attached hydrogen (secondary N) is 1. The van der Waals surface area contributed by atoms with Crippen LogP contribution in [0.3, 0.4) is 0 Å². The second kappa shape index (κ2) is 8.64. The van der Waals surface area contributed by atoms with Crippen LogP contribution in [0, 0.1) is 0 Å². The Morgan fingerprint density at radius 3 is 2.48 bits per heavy atom. The van der Waals surface area contributed by atoms with Crippen LogP contribution in [-0.2, 0) is 11.2 Å². The molecular weight excluding hydrogens is 366 g/mol. The molecular formula is C23H27N3O3. The van der Waals surface area contributed by atoms with Gasteiger partial charge < -0.3 is 15.0 Å². The monoisotopic (exact) mass is 393 g/mol. The van der Waals surface area contributed by atoms with Crippen molar-refractivity contribution in [1.29, 1.82) is 0 Å². The number of fused-ring (bicyclic) bond motifs is 2. The van der Waals surface area contributed by atoms with Crippen molar-refractivity contribution in [3.8, 4) is 5.75 Å². The molecule has 2 amide bonds. The number of aryl methyl sites for hydroxylation is 1. The summed E-state index contributed by atoms with van der Waals surface area (Å²) in [5, 5.41) is 3.15. The van der Waals surface area contributed by atoms with Gasteiger partial charge in [0.25, 0.3) is 5.91 Å². The lowest BCUT2D eigenvalue weighted by Gasteiger charge is -2.39. The molecule has 6 heteroatoms. The highest BCUT2D eigenvalue weighted by molar-refractivity contribution is 5.94. The van der Waals surface area contributed by atoms with Gasteiger partial charge in [0.1, 0.15) is 5.75 Å². The fourth-order valence-electron chi connectivity index (χ4n) is 4.75. The minimum Gasteiger partial charge on any atom is -0.496 e. The molecule has 6 nitrogen and oxygen atoms in total. The predicted molar refractivity (Wildman–Crippen MR) is 110 cm³/mol. The number of para-hydroxylation sites is 1. The number of piperidine rings is 1. The summed E-state index contributed by atoms with van der Waals surface area (Å²) in [6.07, 6.45) is 8.12. The summed E-state index contributed by atoms with van der Waals surface area (Å²) in [6, 6.07) is 11.9. The quantitative estimate of drug-likeness (QED) is 0.819. The minimum atomic E-state index is -0.0623. The smallest absolute Gasteiger partial charge is 0.251 e. The Morgan fingerprint density at radius 1 is 1.10 bits per heavy atom. The fourth-order valence-corrected chi connectivity index (χ4v) is 4.75. The van der Waals surface area contributed by atoms with E-state index < -0.39 is 0 Å². The maximum atomic E-state index is 13.0. The first-order valence-corrected chi connectivity index (χ1v) is 10.3. The van der Waals surface area contributed by atoms with Gasteiger partial charge in [-0.3, -0.25) is 14.6 Å². The maximum absolute atomic E-state index is 13.0. The third-order valence-electron chi connectivity index (χ3n) is 6.10. The number of amides is 2. The summed E-state index contributed by atoms with van der Waals surface area (Å²) in [4.78, 5) is 31.5. The number of rotatable bonds is 6. The van der Waals surface area contributed by atoms with Crippen molar-refractivity contribution in [1.82, 2.24) is 15.2 Å². The molecule has 2 fully saturated rings. The molecule has 2 aliphatic rings. The van der Waals surface area contributed by atoms with Crippen molar-refractivity contribution in [3.05, 3.63) is 59.9 Å². The number of hydrogen-bond donors (Lipinski definition) is 1. The number of pyridine rings is 1. The molecule has 1 aromatic carbocycles. The van der Waals surface area contributed by atoms with E-state index in [1.165, 1.54) is 0 Å². The second-order valence-electron chi connectivity index (χ2n) is 7.88. The Morgan fingerprint density at radius 2 is 1.79 bits per heavy atom. The summed E-state index contributed by atoms with van der Waals surface area (Å²) >= 11 is 0. The first-order valence-electron chi connectivity index (χ1n) is 10.3. The van der Waals surface area contributed by atoms with E-state index in [0.29, 0.717) is 18.4 Å². The Balaban J connectivity index is 1.34. The van der Waals surface area contributed by atoms with E-state index >= 15 is 0 Å². The van der Waals surface area contributed by atoms with Crippen molar-refractivity contribution in [2.24, 2.45) is 0 Å². The van der Waals surface area contributed by atoms with Crippen LogP contribution in [0.25, 0.3) is 0 Å². The number of benzene rings is 1. The summed E-state index contributed by atoms with van der Waals surface area (Å²) in [7, 11) is 1.66. The molecule has 4 rings (SSSR count). The zero-order valence-corrected chi connectivity index (χ0v) is 16.7. The van der Waals surface area contributed by atoms with Crippen molar-refractivity contribution < 1.29 is 14.3 Å². The summed E-state index contributed by atoms with van der Waals surface area (Å²) in [6.45, 7) is 0. The van der Waals surface area contributed by atoms with E-state index in [1.54, 1.807) is 31.6 Å². The number of methoxy groups -OCH3 is 1. The first-order chi connectivity index (χ1) is 14.2. The summed E-state index contributed by atoms with van der Waals surface area (Å²) in [5.41, 5.74) is 1.69. The van der Waals surface area contributed by atoms with E-state index in [0.717, 1.165) is 37.0 Å². The number of carbonyl (C=O) groups is 2. The van der Waals surface area contributed by atoms with Gasteiger partial charge in [0.05, 0.1) is 7.11 Å². The third-order valence-corrected chi connectivity index (χ3v) is 6.10. The number of nitrogens with zero attached hydrogens (tertiary/aromatic N) is 2. The molecule has 2 unspecified atom stereocenters. The standard InChI is InChI=1S/C23H27N3O3/c1-29-21-5-3-2-4-16(21)6-9-22(27)26-19-7-8-20(26)15-18(14-19)25-23(28)17-10-12-24-13-11-17/h2-5,10-13,18-20H,6-9,14-15H2,1H3,(H,25,28). The van der Waals surface area contributed by atoms with E-state index in [4.69, 9.17) is 4.74 Å². The van der Waals surface area contributed by atoms with Crippen LogP contribution >= 0.6 is 0 Å². The molecule has 3 heterocycles. The van der Waals surface area contributed by atoms with Crippen LogP contribution in [-0.4, -0.2) is 46.9 Å². The van der Waals surface area contributed by atoms with E-state index in [9.17, 15) is 9.59 Å². The Kier molecular flexibility index (Phi) is 5.79. The second-order valence-corrected chi connectivity index (χ2v) is 7.88. The molecule has 0 radical (unpaired) electrons. The molecule has 0 spiro atoms. The van der Waals surface area contributed by atoms with Crippen molar-refractivity contribution in [2.45, 2.75) is 56.7 Å². The molecule has 0 aliphatic carbocycles. The van der Waals surface area contributed by atoms with Gasteiger partial charge >= 0.3 is 0 Å². The van der Waals surface area contributed by atoms with Gasteiger partial charge in [-0.05, 0) is 55.9 Å². The molecule has 2 aromatic rings. The van der Waals surface area contributed by atoms with E-state index in [2.05, 4.69) is 15.2 Å². The molecule has 152 valence electrons. The zero-order valence-electron chi connectivity index (χ0n) is 16.7. The SMILES string of the molecule is COc1ccccc1CCC(=O)N1C2CCC1CC(NC(=O)c1ccncc1)C2. The highest BCUT2D eigenvalue weighted by Crippen LogP contribution is 2.36. The van der Waals surface area contributed by atoms with Gasteiger partial charge in [-0.2, -0.15) is 0 Å². The average Bonchev–Trinajstić information content (AvgIpc) is 3.03. The lowest BCUT2D eigenvalue weighted by molar-refractivity contribution is -0.135. The van der Waals surface area contributed by atoms with Gasteiger partial charge in [-0.15, -0.1) is 0 Å². The Labute approximate surface area is 171 Å². The van der Waals surface area contributed by atoms with Crippen molar-refractivity contribution in [3.63, 3.8) is 0 Å². The number of carbonyl (C=O) groups excluding carboxylic acids is 2. The molecule has 1 aromatic heterocycles. The number of ether oxygens (including phenoxy) is 1. The lowest BCUT2D eigenvalue weighted by Crippen LogP contribution is -2.52. The Hall–Kier alpha value is -2.89.